The number of fused-ring (bicyclic) bond motifs is 1. The summed E-state index contributed by atoms with van der Waals surface area (Å²) in [6.45, 7) is 6.15. The Kier molecular flexibility index (Phi) is 6.60. The minimum atomic E-state index is -0.736. The van der Waals surface area contributed by atoms with Crippen molar-refractivity contribution >= 4 is 28.3 Å². The predicted molar refractivity (Wildman–Crippen MR) is 126 cm³/mol. The molecule has 1 aliphatic heterocycles. The van der Waals surface area contributed by atoms with Crippen LogP contribution >= 0.6 is 11.3 Å². The van der Waals surface area contributed by atoms with E-state index in [-0.39, 0.29) is 24.0 Å². The number of carbonyl (C=O) groups excluding carboxylic acids is 2. The summed E-state index contributed by atoms with van der Waals surface area (Å²) in [7, 11) is 0. The van der Waals surface area contributed by atoms with Crippen molar-refractivity contribution in [2.45, 2.75) is 39.7 Å². The van der Waals surface area contributed by atoms with Crippen molar-refractivity contribution in [1.29, 1.82) is 0 Å². The van der Waals surface area contributed by atoms with Crippen LogP contribution in [0.2, 0.25) is 0 Å². The molecule has 0 saturated heterocycles. The van der Waals surface area contributed by atoms with Crippen LogP contribution in [-0.2, 0) is 16.0 Å². The Morgan fingerprint density at radius 3 is 2.58 bits per heavy atom. The number of aromatic nitrogens is 2. The van der Waals surface area contributed by atoms with Crippen LogP contribution < -0.4 is 20.1 Å². The molecule has 2 aromatic carbocycles. The number of benzene rings is 2. The SMILES string of the molecule is CC(C)(C)CC(=O)NC(Cc1ccccc1)C(=O)Nc1nnc(-c2ccc3c(c2)OCO3)s1. The summed E-state index contributed by atoms with van der Waals surface area (Å²) in [6, 6.07) is 14.4. The maximum atomic E-state index is 13.1. The van der Waals surface area contributed by atoms with Crippen molar-refractivity contribution in [2.24, 2.45) is 5.41 Å². The second kappa shape index (κ2) is 9.58. The fourth-order valence-corrected chi connectivity index (χ4v) is 4.14. The summed E-state index contributed by atoms with van der Waals surface area (Å²) in [5.41, 5.74) is 1.58. The van der Waals surface area contributed by atoms with Gasteiger partial charge in [0.25, 0.3) is 0 Å². The molecule has 1 unspecified atom stereocenters. The molecule has 0 aliphatic carbocycles. The van der Waals surface area contributed by atoms with Gasteiger partial charge in [0.05, 0.1) is 0 Å². The minimum absolute atomic E-state index is 0.170. The fourth-order valence-electron chi connectivity index (χ4n) is 3.40. The van der Waals surface area contributed by atoms with E-state index in [9.17, 15) is 9.59 Å². The minimum Gasteiger partial charge on any atom is -0.454 e. The molecule has 0 fully saturated rings. The Labute approximate surface area is 196 Å². The highest BCUT2D eigenvalue weighted by Gasteiger charge is 2.25. The first kappa shape index (κ1) is 22.7. The molecule has 9 heteroatoms. The standard InChI is InChI=1S/C24H26N4O4S/c1-24(2,3)13-20(29)25-17(11-15-7-5-4-6-8-15)21(30)26-23-28-27-22(33-23)16-9-10-18-19(12-16)32-14-31-18/h4-10,12,17H,11,13-14H2,1-3H3,(H,25,29)(H,26,28,30). The van der Waals surface area contributed by atoms with Gasteiger partial charge in [-0.1, -0.05) is 62.4 Å². The smallest absolute Gasteiger partial charge is 0.249 e. The number of nitrogens with zero attached hydrogens (tertiary/aromatic N) is 2. The second-order valence-corrected chi connectivity index (χ2v) is 9.99. The lowest BCUT2D eigenvalue weighted by Gasteiger charge is -2.22. The number of amides is 2. The lowest BCUT2D eigenvalue weighted by atomic mass is 9.91. The molecule has 2 N–H and O–H groups in total. The molecule has 8 nitrogen and oxygen atoms in total. The lowest BCUT2D eigenvalue weighted by Crippen LogP contribution is -2.46. The molecule has 1 aliphatic rings. The number of carbonyl (C=O) groups is 2. The van der Waals surface area contributed by atoms with E-state index >= 15 is 0 Å². The van der Waals surface area contributed by atoms with Gasteiger partial charge >= 0.3 is 0 Å². The predicted octanol–water partition coefficient (Wildman–Crippen LogP) is 4.04. The van der Waals surface area contributed by atoms with Gasteiger partial charge in [0.15, 0.2) is 11.5 Å². The fraction of sp³-hybridized carbons (Fsp3) is 0.333. The summed E-state index contributed by atoms with van der Waals surface area (Å²) in [5, 5.41) is 15.0. The molecule has 2 amide bonds. The first-order valence-electron chi connectivity index (χ1n) is 10.6. The highest BCUT2D eigenvalue weighted by molar-refractivity contribution is 7.18. The van der Waals surface area contributed by atoms with Crippen LogP contribution in [0.3, 0.4) is 0 Å². The van der Waals surface area contributed by atoms with Crippen LogP contribution in [0.4, 0.5) is 5.13 Å². The molecule has 172 valence electrons. The molecule has 33 heavy (non-hydrogen) atoms. The molecule has 0 bridgehead atoms. The Hall–Kier alpha value is -3.46. The molecule has 4 rings (SSSR count). The normalized spacial score (nSPS) is 13.4. The average Bonchev–Trinajstić information content (AvgIpc) is 3.41. The van der Waals surface area contributed by atoms with Gasteiger partial charge in [0, 0.05) is 18.4 Å². The van der Waals surface area contributed by atoms with E-state index in [1.54, 1.807) is 0 Å². The van der Waals surface area contributed by atoms with E-state index in [4.69, 9.17) is 9.47 Å². The number of hydrogen-bond donors (Lipinski definition) is 2. The van der Waals surface area contributed by atoms with Crippen LogP contribution in [-0.4, -0.2) is 34.8 Å². The lowest BCUT2D eigenvalue weighted by molar-refractivity contribution is -0.127. The summed E-state index contributed by atoms with van der Waals surface area (Å²) >= 11 is 1.25. The van der Waals surface area contributed by atoms with Crippen molar-refractivity contribution in [3.63, 3.8) is 0 Å². The zero-order chi connectivity index (χ0) is 23.4. The number of anilines is 1. The maximum absolute atomic E-state index is 13.1. The number of ether oxygens (including phenoxy) is 2. The molecule has 0 spiro atoms. The van der Waals surface area contributed by atoms with Gasteiger partial charge in [-0.05, 0) is 29.2 Å². The largest absolute Gasteiger partial charge is 0.454 e. The number of nitrogens with one attached hydrogen (secondary N) is 2. The average molecular weight is 467 g/mol. The van der Waals surface area contributed by atoms with Gasteiger partial charge in [-0.2, -0.15) is 0 Å². The third-order valence-electron chi connectivity index (χ3n) is 4.90. The Bertz CT molecular complexity index is 1140. The third-order valence-corrected chi connectivity index (χ3v) is 5.79. The third kappa shape index (κ3) is 6.07. The summed E-state index contributed by atoms with van der Waals surface area (Å²) in [5.74, 6) is 0.829. The van der Waals surface area contributed by atoms with Crippen LogP contribution in [0, 0.1) is 5.41 Å². The molecule has 1 atom stereocenters. The van der Waals surface area contributed by atoms with Crippen LogP contribution in [0.1, 0.15) is 32.8 Å². The van der Waals surface area contributed by atoms with E-state index in [2.05, 4.69) is 20.8 Å². The van der Waals surface area contributed by atoms with E-state index in [1.807, 2.05) is 69.3 Å². The van der Waals surface area contributed by atoms with Crippen LogP contribution in [0.25, 0.3) is 10.6 Å². The van der Waals surface area contributed by atoms with Crippen molar-refractivity contribution in [3.05, 3.63) is 54.1 Å². The second-order valence-electron chi connectivity index (χ2n) is 9.02. The van der Waals surface area contributed by atoms with Crippen molar-refractivity contribution in [3.8, 4) is 22.1 Å². The number of rotatable bonds is 7. The summed E-state index contributed by atoms with van der Waals surface area (Å²) in [4.78, 5) is 25.7. The Balaban J connectivity index is 1.47. The highest BCUT2D eigenvalue weighted by Crippen LogP contribution is 2.37. The van der Waals surface area contributed by atoms with Gasteiger partial charge in [0.2, 0.25) is 23.7 Å². The van der Waals surface area contributed by atoms with Gasteiger partial charge in [-0.25, -0.2) is 0 Å². The molecule has 3 aromatic rings. The summed E-state index contributed by atoms with van der Waals surface area (Å²) < 4.78 is 10.8. The van der Waals surface area contributed by atoms with Gasteiger partial charge in [-0.15, -0.1) is 10.2 Å². The van der Waals surface area contributed by atoms with Gasteiger partial charge in [-0.3, -0.25) is 14.9 Å². The Morgan fingerprint density at radius 1 is 1.06 bits per heavy atom. The Morgan fingerprint density at radius 2 is 1.82 bits per heavy atom. The molecule has 0 saturated carbocycles. The highest BCUT2D eigenvalue weighted by atomic mass is 32.1. The van der Waals surface area contributed by atoms with Crippen molar-refractivity contribution in [2.75, 3.05) is 12.1 Å². The molecular weight excluding hydrogens is 440 g/mol. The van der Waals surface area contributed by atoms with E-state index in [0.29, 0.717) is 34.5 Å². The topological polar surface area (TPSA) is 102 Å². The van der Waals surface area contributed by atoms with E-state index in [0.717, 1.165) is 11.1 Å². The zero-order valence-corrected chi connectivity index (χ0v) is 19.6. The molecule has 0 radical (unpaired) electrons. The quantitative estimate of drug-likeness (QED) is 0.545. The van der Waals surface area contributed by atoms with E-state index < -0.39 is 6.04 Å². The van der Waals surface area contributed by atoms with Gasteiger partial charge < -0.3 is 14.8 Å². The van der Waals surface area contributed by atoms with Crippen molar-refractivity contribution < 1.29 is 19.1 Å². The van der Waals surface area contributed by atoms with Crippen LogP contribution in [0.15, 0.2) is 48.5 Å². The first-order valence-corrected chi connectivity index (χ1v) is 11.5. The van der Waals surface area contributed by atoms with E-state index in [1.165, 1.54) is 11.3 Å². The van der Waals surface area contributed by atoms with Crippen molar-refractivity contribution in [1.82, 2.24) is 15.5 Å². The van der Waals surface area contributed by atoms with Gasteiger partial charge in [0.1, 0.15) is 11.0 Å². The molecule has 2 heterocycles. The molecular formula is C24H26N4O4S. The number of hydrogen-bond acceptors (Lipinski definition) is 7. The molecule has 1 aromatic heterocycles. The first-order chi connectivity index (χ1) is 15.8. The zero-order valence-electron chi connectivity index (χ0n) is 18.8. The van der Waals surface area contributed by atoms with Crippen LogP contribution in [0.5, 0.6) is 11.5 Å². The maximum Gasteiger partial charge on any atom is 0.249 e. The monoisotopic (exact) mass is 466 g/mol. The summed E-state index contributed by atoms with van der Waals surface area (Å²) in [6.07, 6.45) is 0.690.